The van der Waals surface area contributed by atoms with Gasteiger partial charge in [0, 0.05) is 25.7 Å². The van der Waals surface area contributed by atoms with Gasteiger partial charge in [0.15, 0.2) is 5.16 Å². The highest BCUT2D eigenvalue weighted by atomic mass is 32.2. The number of anilines is 1. The largest absolute Gasteiger partial charge is 0.421 e. The SMILES string of the molecule is CCCNc1cc(Oc2cc(C)nn2C)nc(SC)n1. The molecule has 1 N–H and O–H groups in total. The van der Waals surface area contributed by atoms with Crippen LogP contribution in [0.1, 0.15) is 19.0 Å². The van der Waals surface area contributed by atoms with Gasteiger partial charge in [-0.3, -0.25) is 0 Å². The van der Waals surface area contributed by atoms with Gasteiger partial charge in [-0.2, -0.15) is 10.1 Å². The van der Waals surface area contributed by atoms with E-state index < -0.39 is 0 Å². The van der Waals surface area contributed by atoms with Crippen LogP contribution in [-0.4, -0.2) is 32.5 Å². The molecule has 0 saturated heterocycles. The molecule has 0 bridgehead atoms. The van der Waals surface area contributed by atoms with Gasteiger partial charge in [0.2, 0.25) is 11.8 Å². The molecule has 2 aromatic rings. The normalized spacial score (nSPS) is 10.6. The minimum absolute atomic E-state index is 0.519. The molecule has 2 aromatic heterocycles. The number of thioether (sulfide) groups is 1. The fourth-order valence-electron chi connectivity index (χ4n) is 1.68. The number of nitrogens with one attached hydrogen (secondary N) is 1. The molecular weight excluding hydrogens is 274 g/mol. The molecule has 0 fully saturated rings. The summed E-state index contributed by atoms with van der Waals surface area (Å²) in [7, 11) is 1.84. The number of aromatic nitrogens is 4. The molecule has 0 aliphatic heterocycles. The van der Waals surface area contributed by atoms with Crippen LogP contribution in [0.4, 0.5) is 5.82 Å². The predicted octanol–water partition coefficient (Wildman–Crippen LogP) is 2.85. The van der Waals surface area contributed by atoms with Crippen LogP contribution in [0.25, 0.3) is 0 Å². The summed E-state index contributed by atoms with van der Waals surface area (Å²) in [5.74, 6) is 1.96. The summed E-state index contributed by atoms with van der Waals surface area (Å²) >= 11 is 1.49. The van der Waals surface area contributed by atoms with Crippen molar-refractivity contribution in [2.24, 2.45) is 7.05 Å². The Morgan fingerprint density at radius 2 is 2.15 bits per heavy atom. The van der Waals surface area contributed by atoms with Crippen LogP contribution in [0.5, 0.6) is 11.8 Å². The summed E-state index contributed by atoms with van der Waals surface area (Å²) in [4.78, 5) is 8.75. The summed E-state index contributed by atoms with van der Waals surface area (Å²) in [5.41, 5.74) is 0.908. The van der Waals surface area contributed by atoms with Crippen molar-refractivity contribution >= 4 is 17.6 Å². The lowest BCUT2D eigenvalue weighted by molar-refractivity contribution is 0.410. The first-order valence-corrected chi connectivity index (χ1v) is 7.70. The third-order valence-electron chi connectivity index (χ3n) is 2.59. The Hall–Kier alpha value is -1.76. The summed E-state index contributed by atoms with van der Waals surface area (Å²) in [6, 6.07) is 3.68. The molecule has 0 amide bonds. The van der Waals surface area contributed by atoms with Gasteiger partial charge in [0.1, 0.15) is 5.82 Å². The van der Waals surface area contributed by atoms with Crippen LogP contribution in [-0.2, 0) is 7.05 Å². The van der Waals surface area contributed by atoms with Gasteiger partial charge in [-0.05, 0) is 19.6 Å². The van der Waals surface area contributed by atoms with E-state index in [4.69, 9.17) is 4.74 Å². The summed E-state index contributed by atoms with van der Waals surface area (Å²) in [6.07, 6.45) is 2.98. The van der Waals surface area contributed by atoms with E-state index in [1.54, 1.807) is 10.7 Å². The topological polar surface area (TPSA) is 64.9 Å². The zero-order valence-electron chi connectivity index (χ0n) is 12.2. The fraction of sp³-hybridized carbons (Fsp3) is 0.462. The van der Waals surface area contributed by atoms with Crippen LogP contribution in [0.3, 0.4) is 0 Å². The molecule has 7 heteroatoms. The Bertz CT molecular complexity index is 584. The number of hydrogen-bond acceptors (Lipinski definition) is 6. The zero-order chi connectivity index (χ0) is 14.5. The van der Waals surface area contributed by atoms with Gasteiger partial charge in [-0.25, -0.2) is 9.67 Å². The van der Waals surface area contributed by atoms with Gasteiger partial charge in [-0.1, -0.05) is 18.7 Å². The average molecular weight is 293 g/mol. The highest BCUT2D eigenvalue weighted by Gasteiger charge is 2.09. The number of rotatable bonds is 6. The predicted molar refractivity (Wildman–Crippen MR) is 80.6 cm³/mol. The van der Waals surface area contributed by atoms with Gasteiger partial charge in [0.05, 0.1) is 5.69 Å². The van der Waals surface area contributed by atoms with E-state index in [1.165, 1.54) is 11.8 Å². The molecule has 0 aliphatic rings. The highest BCUT2D eigenvalue weighted by molar-refractivity contribution is 7.98. The van der Waals surface area contributed by atoms with E-state index in [1.807, 2.05) is 26.3 Å². The van der Waals surface area contributed by atoms with Crippen molar-refractivity contribution in [3.8, 4) is 11.8 Å². The molecular formula is C13H19N5OS. The van der Waals surface area contributed by atoms with Gasteiger partial charge >= 0.3 is 0 Å². The lowest BCUT2D eigenvalue weighted by Crippen LogP contribution is -2.04. The quantitative estimate of drug-likeness (QED) is 0.652. The maximum absolute atomic E-state index is 5.79. The minimum Gasteiger partial charge on any atom is -0.421 e. The van der Waals surface area contributed by atoms with Crippen molar-refractivity contribution in [2.75, 3.05) is 18.1 Å². The number of hydrogen-bond donors (Lipinski definition) is 1. The van der Waals surface area contributed by atoms with Gasteiger partial charge in [0.25, 0.3) is 0 Å². The molecule has 6 nitrogen and oxygen atoms in total. The summed E-state index contributed by atoms with van der Waals surface area (Å²) in [5, 5.41) is 8.18. The van der Waals surface area contributed by atoms with Gasteiger partial charge < -0.3 is 10.1 Å². The maximum Gasteiger partial charge on any atom is 0.227 e. The summed E-state index contributed by atoms with van der Waals surface area (Å²) in [6.45, 7) is 4.91. The highest BCUT2D eigenvalue weighted by Crippen LogP contribution is 2.24. The van der Waals surface area contributed by atoms with Crippen molar-refractivity contribution in [3.63, 3.8) is 0 Å². The molecule has 0 saturated carbocycles. The smallest absolute Gasteiger partial charge is 0.227 e. The van der Waals surface area contributed by atoms with Crippen molar-refractivity contribution in [1.29, 1.82) is 0 Å². The van der Waals surface area contributed by atoms with E-state index >= 15 is 0 Å². The first kappa shape index (κ1) is 14.6. The molecule has 0 atom stereocenters. The third-order valence-corrected chi connectivity index (χ3v) is 3.14. The van der Waals surface area contributed by atoms with Crippen molar-refractivity contribution < 1.29 is 4.74 Å². The van der Waals surface area contributed by atoms with E-state index in [0.29, 0.717) is 16.9 Å². The molecule has 0 radical (unpaired) electrons. The van der Waals surface area contributed by atoms with Crippen molar-refractivity contribution in [1.82, 2.24) is 19.7 Å². The molecule has 2 rings (SSSR count). The lowest BCUT2D eigenvalue weighted by Gasteiger charge is -2.09. The number of aryl methyl sites for hydroxylation is 2. The van der Waals surface area contributed by atoms with Crippen molar-refractivity contribution in [2.45, 2.75) is 25.4 Å². The second kappa shape index (κ2) is 6.60. The molecule has 2 heterocycles. The Balaban J connectivity index is 2.23. The first-order valence-electron chi connectivity index (χ1n) is 6.47. The molecule has 0 spiro atoms. The maximum atomic E-state index is 5.79. The van der Waals surface area contributed by atoms with E-state index in [9.17, 15) is 0 Å². The van der Waals surface area contributed by atoms with Crippen LogP contribution >= 0.6 is 11.8 Å². The molecule has 0 aromatic carbocycles. The summed E-state index contributed by atoms with van der Waals surface area (Å²) < 4.78 is 7.48. The van der Waals surface area contributed by atoms with Crippen LogP contribution in [0.15, 0.2) is 17.3 Å². The van der Waals surface area contributed by atoms with E-state index in [2.05, 4.69) is 27.3 Å². The fourth-order valence-corrected chi connectivity index (χ4v) is 2.05. The number of ether oxygens (including phenoxy) is 1. The van der Waals surface area contributed by atoms with Crippen LogP contribution < -0.4 is 10.1 Å². The number of nitrogens with zero attached hydrogens (tertiary/aromatic N) is 4. The molecule has 20 heavy (non-hydrogen) atoms. The second-order valence-corrected chi connectivity index (χ2v) is 5.13. The Labute approximate surface area is 123 Å². The van der Waals surface area contributed by atoms with Crippen LogP contribution in [0.2, 0.25) is 0 Å². The minimum atomic E-state index is 0.519. The standard InChI is InChI=1S/C13H19N5OS/c1-5-6-14-10-8-11(16-13(15-10)20-4)19-12-7-9(2)17-18(12)3/h7-8H,5-6H2,1-4H3,(H,14,15,16). The third kappa shape index (κ3) is 3.63. The van der Waals surface area contributed by atoms with Crippen molar-refractivity contribution in [3.05, 3.63) is 17.8 Å². The van der Waals surface area contributed by atoms with Gasteiger partial charge in [-0.15, -0.1) is 0 Å². The molecule has 108 valence electrons. The Kier molecular flexibility index (Phi) is 4.84. The Morgan fingerprint density at radius 3 is 2.75 bits per heavy atom. The average Bonchev–Trinajstić information content (AvgIpc) is 2.74. The van der Waals surface area contributed by atoms with Crippen LogP contribution in [0, 0.1) is 6.92 Å². The first-order chi connectivity index (χ1) is 9.62. The second-order valence-electron chi connectivity index (χ2n) is 4.35. The zero-order valence-corrected chi connectivity index (χ0v) is 13.0. The molecule has 0 aliphatic carbocycles. The lowest BCUT2D eigenvalue weighted by atomic mass is 10.4. The van der Waals surface area contributed by atoms with E-state index in [-0.39, 0.29) is 0 Å². The van der Waals surface area contributed by atoms with E-state index in [0.717, 1.165) is 24.5 Å². The Morgan fingerprint density at radius 1 is 1.35 bits per heavy atom. The molecule has 0 unspecified atom stereocenters. The monoisotopic (exact) mass is 293 g/mol.